The number of ether oxygens (including phenoxy) is 1. The number of rotatable bonds is 5. The van der Waals surface area contributed by atoms with E-state index in [2.05, 4.69) is 13.0 Å². The first-order valence-corrected chi connectivity index (χ1v) is 10.7. The van der Waals surface area contributed by atoms with Crippen molar-refractivity contribution in [2.24, 2.45) is 23.7 Å². The Morgan fingerprint density at radius 3 is 2.52 bits per heavy atom. The number of aryl methyl sites for hydroxylation is 2. The van der Waals surface area contributed by atoms with E-state index in [0.29, 0.717) is 17.0 Å². The largest absolute Gasteiger partial charge is 0.483 e. The van der Waals surface area contributed by atoms with Crippen LogP contribution in [0, 0.1) is 37.5 Å². The van der Waals surface area contributed by atoms with E-state index in [0.717, 1.165) is 17.5 Å². The van der Waals surface area contributed by atoms with E-state index >= 15 is 0 Å². The Balaban J connectivity index is 1.38. The molecule has 1 heterocycles. The van der Waals surface area contributed by atoms with Crippen LogP contribution in [0.3, 0.4) is 0 Å². The second kappa shape index (κ2) is 7.19. The van der Waals surface area contributed by atoms with Crippen LogP contribution in [-0.2, 0) is 9.59 Å². The van der Waals surface area contributed by atoms with E-state index in [-0.39, 0.29) is 47.9 Å². The summed E-state index contributed by atoms with van der Waals surface area (Å²) in [5.74, 6) is -0.301. The Labute approximate surface area is 181 Å². The highest BCUT2D eigenvalue weighted by Gasteiger charge is 2.61. The zero-order valence-electron chi connectivity index (χ0n) is 17.9. The maximum absolute atomic E-state index is 13.3. The van der Waals surface area contributed by atoms with Gasteiger partial charge in [0, 0.05) is 5.56 Å². The predicted octanol–water partition coefficient (Wildman–Crippen LogP) is 4.27. The molecule has 5 heteroatoms. The summed E-state index contributed by atoms with van der Waals surface area (Å²) in [4.78, 5) is 40.4. The molecular weight excluding hydrogens is 390 g/mol. The second-order valence-electron chi connectivity index (χ2n) is 8.96. The first-order chi connectivity index (χ1) is 14.9. The maximum Gasteiger partial charge on any atom is 0.238 e. The molecule has 1 saturated heterocycles. The first kappa shape index (κ1) is 19.7. The number of carbonyl (C=O) groups excluding carboxylic acids is 3. The van der Waals surface area contributed by atoms with Crippen LogP contribution >= 0.6 is 0 Å². The minimum Gasteiger partial charge on any atom is -0.483 e. The molecule has 5 rings (SSSR count). The fourth-order valence-corrected chi connectivity index (χ4v) is 5.42. The molecule has 4 atom stereocenters. The number of hydrogen-bond donors (Lipinski definition) is 0. The molecule has 3 aliphatic rings. The molecule has 4 unspecified atom stereocenters. The van der Waals surface area contributed by atoms with Gasteiger partial charge in [0.25, 0.3) is 0 Å². The smallest absolute Gasteiger partial charge is 0.238 e. The predicted molar refractivity (Wildman–Crippen MR) is 117 cm³/mol. The standard InChI is InChI=1S/C26H25NO4/c1-14-8-9-17(10-15(14)2)21(28)13-31-22-7-5-4-6-20(22)27-25(29)23-18-11-16(3)19(12-18)24(23)26(27)30/h4-11,18-19,23-24H,12-13H2,1-3H3. The van der Waals surface area contributed by atoms with E-state index in [4.69, 9.17) is 4.74 Å². The highest BCUT2D eigenvalue weighted by atomic mass is 16.5. The Kier molecular flexibility index (Phi) is 4.58. The molecule has 5 nitrogen and oxygen atoms in total. The highest BCUT2D eigenvalue weighted by Crippen LogP contribution is 2.56. The molecule has 1 aliphatic heterocycles. The van der Waals surface area contributed by atoms with Crippen LogP contribution in [0.5, 0.6) is 5.75 Å². The molecule has 0 spiro atoms. The number of fused-ring (bicyclic) bond motifs is 5. The summed E-state index contributed by atoms with van der Waals surface area (Å²) in [6.07, 6.45) is 3.06. The third kappa shape index (κ3) is 3.02. The van der Waals surface area contributed by atoms with Gasteiger partial charge in [-0.3, -0.25) is 14.4 Å². The molecule has 158 valence electrons. The molecule has 2 amide bonds. The molecule has 0 N–H and O–H groups in total. The number of hydrogen-bond acceptors (Lipinski definition) is 4. The van der Waals surface area contributed by atoms with E-state index in [1.54, 1.807) is 30.3 Å². The van der Waals surface area contributed by atoms with Crippen molar-refractivity contribution in [3.05, 3.63) is 70.8 Å². The van der Waals surface area contributed by atoms with E-state index < -0.39 is 0 Å². The van der Waals surface area contributed by atoms with Crippen molar-refractivity contribution in [3.63, 3.8) is 0 Å². The van der Waals surface area contributed by atoms with Gasteiger partial charge >= 0.3 is 0 Å². The molecule has 2 aliphatic carbocycles. The normalized spacial score (nSPS) is 26.3. The van der Waals surface area contributed by atoms with E-state index in [1.165, 1.54) is 10.5 Å². The average Bonchev–Trinajstić information content (AvgIpc) is 3.39. The van der Waals surface area contributed by atoms with Crippen molar-refractivity contribution in [1.29, 1.82) is 0 Å². The number of imide groups is 1. The van der Waals surface area contributed by atoms with Crippen LogP contribution in [0.2, 0.25) is 0 Å². The van der Waals surface area contributed by atoms with Crippen LogP contribution in [0.1, 0.15) is 34.8 Å². The lowest BCUT2D eigenvalue weighted by atomic mass is 9.82. The second-order valence-corrected chi connectivity index (χ2v) is 8.96. The van der Waals surface area contributed by atoms with Gasteiger partial charge in [0.05, 0.1) is 17.5 Å². The zero-order chi connectivity index (χ0) is 21.9. The summed E-state index contributed by atoms with van der Waals surface area (Å²) < 4.78 is 5.84. The summed E-state index contributed by atoms with van der Waals surface area (Å²) >= 11 is 0. The third-order valence-corrected chi connectivity index (χ3v) is 7.17. The quantitative estimate of drug-likeness (QED) is 0.416. The number of carbonyl (C=O) groups is 3. The van der Waals surface area contributed by atoms with E-state index in [9.17, 15) is 14.4 Å². The number of amides is 2. The van der Waals surface area contributed by atoms with Gasteiger partial charge < -0.3 is 4.74 Å². The van der Waals surface area contributed by atoms with Crippen LogP contribution in [0.25, 0.3) is 0 Å². The molecule has 2 bridgehead atoms. The minimum atomic E-state index is -0.272. The third-order valence-electron chi connectivity index (χ3n) is 7.17. The van der Waals surface area contributed by atoms with E-state index in [1.807, 2.05) is 26.0 Å². The Hall–Kier alpha value is -3.21. The van der Waals surface area contributed by atoms with Gasteiger partial charge in [-0.05, 0) is 68.4 Å². The van der Waals surface area contributed by atoms with Gasteiger partial charge in [0.1, 0.15) is 5.75 Å². The molecule has 31 heavy (non-hydrogen) atoms. The number of nitrogens with zero attached hydrogens (tertiary/aromatic N) is 1. The monoisotopic (exact) mass is 415 g/mol. The first-order valence-electron chi connectivity index (χ1n) is 10.7. The molecular formula is C26H25NO4. The summed E-state index contributed by atoms with van der Waals surface area (Å²) in [5, 5.41) is 0. The summed E-state index contributed by atoms with van der Waals surface area (Å²) in [6, 6.07) is 12.5. The van der Waals surface area contributed by atoms with Crippen LogP contribution < -0.4 is 9.64 Å². The van der Waals surface area contributed by atoms with Gasteiger partial charge in [-0.25, -0.2) is 4.90 Å². The van der Waals surface area contributed by atoms with Crippen LogP contribution in [0.4, 0.5) is 5.69 Å². The van der Waals surface area contributed by atoms with Crippen LogP contribution in [-0.4, -0.2) is 24.2 Å². The van der Waals surface area contributed by atoms with Crippen LogP contribution in [0.15, 0.2) is 54.1 Å². The lowest BCUT2D eigenvalue weighted by Gasteiger charge is -2.21. The number of benzene rings is 2. The summed E-state index contributed by atoms with van der Waals surface area (Å²) in [5.41, 5.74) is 4.40. The molecule has 2 fully saturated rings. The number of anilines is 1. The lowest BCUT2D eigenvalue weighted by Crippen LogP contribution is -2.33. The Morgan fingerprint density at radius 1 is 1.00 bits per heavy atom. The number of ketones is 1. The molecule has 2 aromatic carbocycles. The maximum atomic E-state index is 13.3. The Morgan fingerprint density at radius 2 is 1.74 bits per heavy atom. The van der Waals surface area contributed by atoms with Gasteiger partial charge in [0.2, 0.25) is 11.8 Å². The number of allylic oxidation sites excluding steroid dienone is 2. The van der Waals surface area contributed by atoms with Crippen molar-refractivity contribution in [3.8, 4) is 5.75 Å². The SMILES string of the molecule is CC1=CC2CC1C1C(=O)N(c3ccccc3OCC(=O)c3ccc(C)c(C)c3)C(=O)C21. The van der Waals surface area contributed by atoms with Gasteiger partial charge in [0.15, 0.2) is 12.4 Å². The van der Waals surface area contributed by atoms with Crippen molar-refractivity contribution >= 4 is 23.3 Å². The Bertz CT molecular complexity index is 1150. The van der Waals surface area contributed by atoms with Crippen molar-refractivity contribution in [2.75, 3.05) is 11.5 Å². The fraction of sp³-hybridized carbons (Fsp3) is 0.346. The molecule has 0 radical (unpaired) electrons. The highest BCUT2D eigenvalue weighted by molar-refractivity contribution is 6.23. The number of Topliss-reactive ketones (excluding diaryl/α,β-unsaturated/α-hetero) is 1. The zero-order valence-corrected chi connectivity index (χ0v) is 17.9. The van der Waals surface area contributed by atoms with Crippen molar-refractivity contribution < 1.29 is 19.1 Å². The van der Waals surface area contributed by atoms with Crippen molar-refractivity contribution in [1.82, 2.24) is 0 Å². The van der Waals surface area contributed by atoms with Gasteiger partial charge in [-0.15, -0.1) is 0 Å². The molecule has 2 aromatic rings. The lowest BCUT2D eigenvalue weighted by molar-refractivity contribution is -0.123. The molecule has 1 saturated carbocycles. The number of para-hydroxylation sites is 2. The topological polar surface area (TPSA) is 63.7 Å². The van der Waals surface area contributed by atoms with Gasteiger partial charge in [-0.2, -0.15) is 0 Å². The average molecular weight is 415 g/mol. The minimum absolute atomic E-state index is 0.147. The summed E-state index contributed by atoms with van der Waals surface area (Å²) in [6.45, 7) is 5.86. The summed E-state index contributed by atoms with van der Waals surface area (Å²) in [7, 11) is 0. The fourth-order valence-electron chi connectivity index (χ4n) is 5.42. The van der Waals surface area contributed by atoms with Gasteiger partial charge in [-0.1, -0.05) is 35.9 Å². The van der Waals surface area contributed by atoms with Crippen molar-refractivity contribution in [2.45, 2.75) is 27.2 Å². The molecule has 0 aromatic heterocycles.